The fourth-order valence-corrected chi connectivity index (χ4v) is 1.17. The third kappa shape index (κ3) is 2.41. The van der Waals surface area contributed by atoms with Crippen molar-refractivity contribution in [3.05, 3.63) is 34.9 Å². The molecule has 66 valence electrons. The number of hydrogen-bond acceptors (Lipinski definition) is 2. The van der Waals surface area contributed by atoms with Crippen molar-refractivity contribution in [3.8, 4) is 6.07 Å². The Morgan fingerprint density at radius 1 is 1.54 bits per heavy atom. The van der Waals surface area contributed by atoms with Gasteiger partial charge in [0.05, 0.1) is 6.07 Å². The van der Waals surface area contributed by atoms with E-state index in [0.717, 1.165) is 29.4 Å². The molecular formula is C11H11NO. The lowest BCUT2D eigenvalue weighted by Crippen LogP contribution is -1.90. The monoisotopic (exact) mass is 173 g/mol. The predicted octanol–water partition coefficient (Wildman–Crippen LogP) is 2.26. The van der Waals surface area contributed by atoms with Gasteiger partial charge in [-0.15, -0.1) is 0 Å². The molecule has 0 N–H and O–H groups in total. The Bertz CT molecular complexity index is 350. The minimum absolute atomic E-state index is 0.501. The van der Waals surface area contributed by atoms with E-state index in [0.29, 0.717) is 6.42 Å². The molecule has 0 fully saturated rings. The van der Waals surface area contributed by atoms with E-state index in [1.54, 1.807) is 0 Å². The van der Waals surface area contributed by atoms with E-state index in [2.05, 4.69) is 6.07 Å². The second-order valence-electron chi connectivity index (χ2n) is 2.97. The van der Waals surface area contributed by atoms with Crippen LogP contribution in [0.15, 0.2) is 18.2 Å². The van der Waals surface area contributed by atoms with Crippen LogP contribution in [0, 0.1) is 18.3 Å². The number of carbonyl (C=O) groups excluding carboxylic acids is 1. The van der Waals surface area contributed by atoms with Gasteiger partial charge >= 0.3 is 0 Å². The zero-order valence-corrected chi connectivity index (χ0v) is 7.58. The van der Waals surface area contributed by atoms with Crippen LogP contribution in [0.5, 0.6) is 0 Å². The number of aryl methyl sites for hydroxylation is 2. The molecule has 0 atom stereocenters. The van der Waals surface area contributed by atoms with Gasteiger partial charge in [0.15, 0.2) is 0 Å². The van der Waals surface area contributed by atoms with Gasteiger partial charge in [0.1, 0.15) is 6.29 Å². The molecule has 2 heteroatoms. The molecule has 0 aliphatic carbocycles. The summed E-state index contributed by atoms with van der Waals surface area (Å²) in [5.41, 5.74) is 2.75. The quantitative estimate of drug-likeness (QED) is 0.658. The van der Waals surface area contributed by atoms with Crippen molar-refractivity contribution in [2.24, 2.45) is 0 Å². The van der Waals surface area contributed by atoms with Crippen molar-refractivity contribution in [3.63, 3.8) is 0 Å². The molecule has 0 saturated heterocycles. The fourth-order valence-electron chi connectivity index (χ4n) is 1.17. The molecule has 1 rings (SSSR count). The second kappa shape index (κ2) is 4.42. The Labute approximate surface area is 77.8 Å². The van der Waals surface area contributed by atoms with E-state index < -0.39 is 0 Å². The number of nitriles is 1. The number of nitrogens with zero attached hydrogens (tertiary/aromatic N) is 1. The van der Waals surface area contributed by atoms with Gasteiger partial charge in [0.25, 0.3) is 0 Å². The average molecular weight is 173 g/mol. The lowest BCUT2D eigenvalue weighted by molar-refractivity contribution is 0.112. The van der Waals surface area contributed by atoms with Gasteiger partial charge in [-0.25, -0.2) is 0 Å². The maximum absolute atomic E-state index is 10.6. The molecule has 0 aromatic heterocycles. The minimum atomic E-state index is 0.501. The summed E-state index contributed by atoms with van der Waals surface area (Å²) in [6.07, 6.45) is 2.07. The summed E-state index contributed by atoms with van der Waals surface area (Å²) >= 11 is 0. The number of rotatable bonds is 3. The van der Waals surface area contributed by atoms with Crippen LogP contribution < -0.4 is 0 Å². The van der Waals surface area contributed by atoms with E-state index in [-0.39, 0.29) is 0 Å². The van der Waals surface area contributed by atoms with Gasteiger partial charge < -0.3 is 0 Å². The number of benzene rings is 1. The van der Waals surface area contributed by atoms with Crippen molar-refractivity contribution < 1.29 is 4.79 Å². The highest BCUT2D eigenvalue weighted by molar-refractivity contribution is 5.77. The van der Waals surface area contributed by atoms with E-state index in [4.69, 9.17) is 5.26 Å². The normalized spacial score (nSPS) is 9.23. The molecule has 0 aliphatic heterocycles. The third-order valence-electron chi connectivity index (χ3n) is 2.00. The van der Waals surface area contributed by atoms with Crippen molar-refractivity contribution in [2.45, 2.75) is 19.8 Å². The molecule has 2 nitrogen and oxygen atoms in total. The van der Waals surface area contributed by atoms with Gasteiger partial charge in [0, 0.05) is 12.0 Å². The molecule has 13 heavy (non-hydrogen) atoms. The first-order chi connectivity index (χ1) is 6.27. The Balaban J connectivity index is 2.87. The Morgan fingerprint density at radius 3 is 2.92 bits per heavy atom. The molecule has 1 aromatic rings. The number of aldehydes is 1. The van der Waals surface area contributed by atoms with Crippen LogP contribution in [0.3, 0.4) is 0 Å². The molecular weight excluding hydrogens is 162 g/mol. The van der Waals surface area contributed by atoms with Crippen LogP contribution in [0.1, 0.15) is 27.9 Å². The highest BCUT2D eigenvalue weighted by Crippen LogP contribution is 2.10. The summed E-state index contributed by atoms with van der Waals surface area (Å²) in [4.78, 5) is 10.6. The van der Waals surface area contributed by atoms with Crippen molar-refractivity contribution in [1.29, 1.82) is 5.26 Å². The molecule has 1 aromatic carbocycles. The summed E-state index contributed by atoms with van der Waals surface area (Å²) in [5.74, 6) is 0. The first-order valence-electron chi connectivity index (χ1n) is 4.19. The minimum Gasteiger partial charge on any atom is -0.298 e. The largest absolute Gasteiger partial charge is 0.298 e. The standard InChI is InChI=1S/C11H11NO/c1-9-4-5-10(3-2-6-12)7-11(9)8-13/h4-5,7-8H,2-3H2,1H3. The lowest BCUT2D eigenvalue weighted by atomic mass is 10.0. The zero-order valence-electron chi connectivity index (χ0n) is 7.58. The van der Waals surface area contributed by atoms with Crippen LogP contribution in [0.25, 0.3) is 0 Å². The molecule has 0 heterocycles. The first kappa shape index (κ1) is 9.47. The van der Waals surface area contributed by atoms with Gasteiger partial charge in [-0.3, -0.25) is 4.79 Å². The van der Waals surface area contributed by atoms with Gasteiger partial charge in [-0.2, -0.15) is 5.26 Å². The smallest absolute Gasteiger partial charge is 0.150 e. The lowest BCUT2D eigenvalue weighted by Gasteiger charge is -2.01. The Kier molecular flexibility index (Phi) is 3.22. The van der Waals surface area contributed by atoms with Gasteiger partial charge in [-0.05, 0) is 30.5 Å². The average Bonchev–Trinajstić information content (AvgIpc) is 2.16. The summed E-state index contributed by atoms with van der Waals surface area (Å²) < 4.78 is 0. The number of carbonyl (C=O) groups is 1. The van der Waals surface area contributed by atoms with E-state index >= 15 is 0 Å². The third-order valence-corrected chi connectivity index (χ3v) is 2.00. The molecule has 0 spiro atoms. The van der Waals surface area contributed by atoms with Gasteiger partial charge in [0.2, 0.25) is 0 Å². The zero-order chi connectivity index (χ0) is 9.68. The molecule has 0 bridgehead atoms. The molecule has 0 amide bonds. The molecule has 0 unspecified atom stereocenters. The SMILES string of the molecule is Cc1ccc(CCC#N)cc1C=O. The highest BCUT2D eigenvalue weighted by atomic mass is 16.1. The summed E-state index contributed by atoms with van der Waals surface area (Å²) in [7, 11) is 0. The molecule has 0 saturated carbocycles. The van der Waals surface area contributed by atoms with Crippen molar-refractivity contribution >= 4 is 6.29 Å². The Morgan fingerprint density at radius 2 is 2.31 bits per heavy atom. The molecule has 0 aliphatic rings. The van der Waals surface area contributed by atoms with E-state index in [1.807, 2.05) is 25.1 Å². The van der Waals surface area contributed by atoms with Crippen LogP contribution >= 0.6 is 0 Å². The maximum atomic E-state index is 10.6. The summed E-state index contributed by atoms with van der Waals surface area (Å²) in [6, 6.07) is 7.80. The maximum Gasteiger partial charge on any atom is 0.150 e. The summed E-state index contributed by atoms with van der Waals surface area (Å²) in [6.45, 7) is 1.90. The fraction of sp³-hybridized carbons (Fsp3) is 0.273. The number of hydrogen-bond donors (Lipinski definition) is 0. The second-order valence-corrected chi connectivity index (χ2v) is 2.97. The highest BCUT2D eigenvalue weighted by Gasteiger charge is 1.98. The predicted molar refractivity (Wildman–Crippen MR) is 50.5 cm³/mol. The topological polar surface area (TPSA) is 40.9 Å². The van der Waals surface area contributed by atoms with Crippen LogP contribution in [0.4, 0.5) is 0 Å². The Hall–Kier alpha value is -1.62. The van der Waals surface area contributed by atoms with Crippen LogP contribution in [-0.4, -0.2) is 6.29 Å². The van der Waals surface area contributed by atoms with Crippen LogP contribution in [-0.2, 0) is 6.42 Å². The van der Waals surface area contributed by atoms with Gasteiger partial charge in [-0.1, -0.05) is 12.1 Å². The summed E-state index contributed by atoms with van der Waals surface area (Å²) in [5, 5.41) is 8.39. The first-order valence-corrected chi connectivity index (χ1v) is 4.19. The van der Waals surface area contributed by atoms with E-state index in [1.165, 1.54) is 0 Å². The van der Waals surface area contributed by atoms with Crippen LogP contribution in [0.2, 0.25) is 0 Å². The molecule has 0 radical (unpaired) electrons. The van der Waals surface area contributed by atoms with Crippen molar-refractivity contribution in [2.75, 3.05) is 0 Å². The van der Waals surface area contributed by atoms with Crippen molar-refractivity contribution in [1.82, 2.24) is 0 Å². The van der Waals surface area contributed by atoms with E-state index in [9.17, 15) is 4.79 Å².